The van der Waals surface area contributed by atoms with Crippen LogP contribution >= 0.6 is 0 Å². The summed E-state index contributed by atoms with van der Waals surface area (Å²) < 4.78 is 6.38. The van der Waals surface area contributed by atoms with Gasteiger partial charge in [0.05, 0.1) is 31.2 Å². The summed E-state index contributed by atoms with van der Waals surface area (Å²) in [4.78, 5) is 22.2. The van der Waals surface area contributed by atoms with Crippen molar-refractivity contribution in [2.75, 3.05) is 7.11 Å². The maximum absolute atomic E-state index is 11.2. The molecule has 0 radical (unpaired) electrons. The Morgan fingerprint density at radius 2 is 2.37 bits per heavy atom. The smallest absolute Gasteiger partial charge is 0.307 e. The summed E-state index contributed by atoms with van der Waals surface area (Å²) in [6.07, 6.45) is 3.96. The van der Waals surface area contributed by atoms with Gasteiger partial charge in [0.15, 0.2) is 0 Å². The third kappa shape index (κ3) is 2.94. The molecule has 0 aromatic carbocycles. The van der Waals surface area contributed by atoms with Gasteiger partial charge >= 0.3 is 11.9 Å². The van der Waals surface area contributed by atoms with Gasteiger partial charge in [-0.05, 0) is 31.7 Å². The lowest BCUT2D eigenvalue weighted by Gasteiger charge is -2.16. The lowest BCUT2D eigenvalue weighted by molar-refractivity contribution is -0.142. The van der Waals surface area contributed by atoms with Gasteiger partial charge in [0.2, 0.25) is 0 Å². The first-order valence-electron chi connectivity index (χ1n) is 6.37. The molecule has 1 aromatic rings. The van der Waals surface area contributed by atoms with Gasteiger partial charge in [-0.25, -0.2) is 0 Å². The monoisotopic (exact) mass is 266 g/mol. The van der Waals surface area contributed by atoms with Crippen molar-refractivity contribution >= 4 is 11.9 Å². The van der Waals surface area contributed by atoms with Gasteiger partial charge in [-0.2, -0.15) is 5.10 Å². The normalized spacial score (nSPS) is 19.6. The summed E-state index contributed by atoms with van der Waals surface area (Å²) in [5, 5.41) is 13.5. The molecule has 2 atom stereocenters. The largest absolute Gasteiger partial charge is 0.481 e. The van der Waals surface area contributed by atoms with E-state index >= 15 is 0 Å². The summed E-state index contributed by atoms with van der Waals surface area (Å²) in [5.41, 5.74) is 1.93. The van der Waals surface area contributed by atoms with Crippen LogP contribution < -0.4 is 0 Å². The van der Waals surface area contributed by atoms with E-state index in [4.69, 9.17) is 5.11 Å². The standard InChI is InChI=1S/C13H18N2O4/c1-8(5-12(16)19-2)15-7-10-6-9(13(17)18)3-4-11(10)14-15/h7-9H,3-6H2,1-2H3,(H,17,18). The van der Waals surface area contributed by atoms with Gasteiger partial charge in [-0.1, -0.05) is 0 Å². The molecule has 6 heteroatoms. The Labute approximate surface area is 111 Å². The lowest BCUT2D eigenvalue weighted by Crippen LogP contribution is -2.21. The number of esters is 1. The zero-order chi connectivity index (χ0) is 14.0. The number of nitrogens with zero attached hydrogens (tertiary/aromatic N) is 2. The van der Waals surface area contributed by atoms with E-state index in [0.29, 0.717) is 19.3 Å². The van der Waals surface area contributed by atoms with Crippen LogP contribution in [-0.4, -0.2) is 33.9 Å². The van der Waals surface area contributed by atoms with Crippen molar-refractivity contribution in [2.24, 2.45) is 5.92 Å². The summed E-state index contributed by atoms with van der Waals surface area (Å²) in [6, 6.07) is -0.0821. The van der Waals surface area contributed by atoms with E-state index in [9.17, 15) is 9.59 Å². The number of hydrogen-bond donors (Lipinski definition) is 1. The predicted octanol–water partition coefficient (Wildman–Crippen LogP) is 1.20. The third-order valence-corrected chi connectivity index (χ3v) is 3.58. The number of ether oxygens (including phenoxy) is 1. The van der Waals surface area contributed by atoms with E-state index in [1.165, 1.54) is 7.11 Å². The molecule has 0 saturated carbocycles. The molecular weight excluding hydrogens is 248 g/mol. The van der Waals surface area contributed by atoms with Crippen molar-refractivity contribution in [3.05, 3.63) is 17.5 Å². The molecule has 0 bridgehead atoms. The fourth-order valence-corrected chi connectivity index (χ4v) is 2.38. The topological polar surface area (TPSA) is 81.4 Å². The fraction of sp³-hybridized carbons (Fsp3) is 0.615. The number of carbonyl (C=O) groups excluding carboxylic acids is 1. The number of carboxylic acids is 1. The number of aromatic nitrogens is 2. The predicted molar refractivity (Wildman–Crippen MR) is 66.7 cm³/mol. The van der Waals surface area contributed by atoms with Crippen LogP contribution in [0, 0.1) is 5.92 Å². The Morgan fingerprint density at radius 1 is 1.63 bits per heavy atom. The minimum atomic E-state index is -0.749. The van der Waals surface area contributed by atoms with Gasteiger partial charge in [-0.15, -0.1) is 0 Å². The quantitative estimate of drug-likeness (QED) is 0.828. The molecule has 0 aliphatic heterocycles. The van der Waals surface area contributed by atoms with Crippen LogP contribution in [0.4, 0.5) is 0 Å². The Balaban J connectivity index is 2.10. The van der Waals surface area contributed by atoms with E-state index in [0.717, 1.165) is 11.3 Å². The summed E-state index contributed by atoms with van der Waals surface area (Å²) in [6.45, 7) is 1.89. The minimum absolute atomic E-state index is 0.0821. The molecule has 1 aliphatic carbocycles. The summed E-state index contributed by atoms with van der Waals surface area (Å²) in [5.74, 6) is -1.34. The zero-order valence-corrected chi connectivity index (χ0v) is 11.1. The Hall–Kier alpha value is -1.85. The van der Waals surface area contributed by atoms with Gasteiger partial charge in [0, 0.05) is 6.20 Å². The second-order valence-electron chi connectivity index (χ2n) is 4.99. The number of methoxy groups -OCH3 is 1. The Bertz CT molecular complexity index is 495. The van der Waals surface area contributed by atoms with Crippen LogP contribution in [0.2, 0.25) is 0 Å². The average molecular weight is 266 g/mol. The van der Waals surface area contributed by atoms with E-state index in [-0.39, 0.29) is 24.3 Å². The van der Waals surface area contributed by atoms with Gasteiger partial charge in [0.1, 0.15) is 0 Å². The molecular formula is C13H18N2O4. The maximum atomic E-state index is 11.2. The fourth-order valence-electron chi connectivity index (χ4n) is 2.38. The third-order valence-electron chi connectivity index (χ3n) is 3.58. The first kappa shape index (κ1) is 13.6. The van der Waals surface area contributed by atoms with Crippen molar-refractivity contribution in [1.82, 2.24) is 9.78 Å². The van der Waals surface area contributed by atoms with E-state index in [1.54, 1.807) is 4.68 Å². The molecule has 1 aliphatic rings. The maximum Gasteiger partial charge on any atom is 0.307 e. The molecule has 0 amide bonds. The number of rotatable bonds is 4. The summed E-state index contributed by atoms with van der Waals surface area (Å²) in [7, 11) is 1.36. The SMILES string of the molecule is COC(=O)CC(C)n1cc2c(n1)CCC(C(=O)O)C2. The first-order chi connectivity index (χ1) is 9.01. The van der Waals surface area contributed by atoms with Crippen molar-refractivity contribution in [2.45, 2.75) is 38.6 Å². The number of fused-ring (bicyclic) bond motifs is 1. The molecule has 1 aromatic heterocycles. The molecule has 0 spiro atoms. The number of aryl methyl sites for hydroxylation is 1. The Kier molecular flexibility index (Phi) is 3.87. The van der Waals surface area contributed by atoms with Crippen LogP contribution in [0.3, 0.4) is 0 Å². The van der Waals surface area contributed by atoms with E-state index in [1.807, 2.05) is 13.1 Å². The van der Waals surface area contributed by atoms with Crippen LogP contribution in [0.25, 0.3) is 0 Å². The number of aliphatic carboxylic acids is 1. The van der Waals surface area contributed by atoms with E-state index in [2.05, 4.69) is 9.84 Å². The van der Waals surface area contributed by atoms with Crippen molar-refractivity contribution < 1.29 is 19.4 Å². The highest BCUT2D eigenvalue weighted by molar-refractivity contribution is 5.71. The number of hydrogen-bond acceptors (Lipinski definition) is 4. The highest BCUT2D eigenvalue weighted by atomic mass is 16.5. The molecule has 6 nitrogen and oxygen atoms in total. The van der Waals surface area contributed by atoms with Crippen molar-refractivity contribution in [3.8, 4) is 0 Å². The second kappa shape index (κ2) is 5.42. The summed E-state index contributed by atoms with van der Waals surface area (Å²) >= 11 is 0. The van der Waals surface area contributed by atoms with Crippen LogP contribution in [-0.2, 0) is 27.2 Å². The molecule has 2 unspecified atom stereocenters. The molecule has 0 saturated heterocycles. The van der Waals surface area contributed by atoms with Gasteiger partial charge in [-0.3, -0.25) is 14.3 Å². The molecule has 104 valence electrons. The zero-order valence-electron chi connectivity index (χ0n) is 11.1. The van der Waals surface area contributed by atoms with Gasteiger partial charge < -0.3 is 9.84 Å². The first-order valence-corrected chi connectivity index (χ1v) is 6.37. The number of carboxylic acid groups (broad SMARTS) is 1. The highest BCUT2D eigenvalue weighted by Crippen LogP contribution is 2.26. The average Bonchev–Trinajstić information content (AvgIpc) is 2.81. The molecule has 1 heterocycles. The van der Waals surface area contributed by atoms with Gasteiger partial charge in [0.25, 0.3) is 0 Å². The Morgan fingerprint density at radius 3 is 3.00 bits per heavy atom. The second-order valence-corrected chi connectivity index (χ2v) is 4.99. The van der Waals surface area contributed by atoms with Crippen LogP contribution in [0.5, 0.6) is 0 Å². The minimum Gasteiger partial charge on any atom is -0.481 e. The molecule has 0 fully saturated rings. The molecule has 19 heavy (non-hydrogen) atoms. The lowest BCUT2D eigenvalue weighted by atomic mass is 9.88. The molecule has 1 N–H and O–H groups in total. The molecule has 2 rings (SSSR count). The van der Waals surface area contributed by atoms with Crippen molar-refractivity contribution in [3.63, 3.8) is 0 Å². The van der Waals surface area contributed by atoms with Crippen molar-refractivity contribution in [1.29, 1.82) is 0 Å². The highest BCUT2D eigenvalue weighted by Gasteiger charge is 2.27. The van der Waals surface area contributed by atoms with Crippen LogP contribution in [0.15, 0.2) is 6.20 Å². The van der Waals surface area contributed by atoms with E-state index < -0.39 is 5.97 Å². The van der Waals surface area contributed by atoms with Crippen LogP contribution in [0.1, 0.15) is 37.1 Å². The number of carbonyl (C=O) groups is 2.